The van der Waals surface area contributed by atoms with Crippen LogP contribution in [0.1, 0.15) is 0 Å². The van der Waals surface area contributed by atoms with Gasteiger partial charge in [0.05, 0.1) is 32.1 Å². The van der Waals surface area contributed by atoms with Crippen LogP contribution in [0.2, 0.25) is 0 Å². The first-order chi connectivity index (χ1) is 11.5. The zero-order valence-corrected chi connectivity index (χ0v) is 14.7. The van der Waals surface area contributed by atoms with Gasteiger partial charge in [-0.2, -0.15) is 0 Å². The van der Waals surface area contributed by atoms with E-state index in [1.165, 1.54) is 24.6 Å². The lowest BCUT2D eigenvalue weighted by atomic mass is 10.2. The first kappa shape index (κ1) is 16.4. The van der Waals surface area contributed by atoms with Gasteiger partial charge in [-0.15, -0.1) is 0 Å². The fraction of sp³-hybridized carbons (Fsp3) is 0.294. The van der Waals surface area contributed by atoms with Crippen molar-refractivity contribution in [1.29, 1.82) is 0 Å². The van der Waals surface area contributed by atoms with Crippen LogP contribution in [-0.2, 0) is 10.0 Å². The third-order valence-corrected chi connectivity index (χ3v) is 5.99. The summed E-state index contributed by atoms with van der Waals surface area (Å²) in [4.78, 5) is 2.18. The van der Waals surface area contributed by atoms with Crippen LogP contribution < -0.4 is 18.7 Å². The second-order valence-electron chi connectivity index (χ2n) is 5.50. The molecule has 2 aromatic rings. The Balaban J connectivity index is 2.11. The SMILES string of the molecule is COc1ccc(S(=O)(=O)N2CCN(C)c3ccccc32)c(OC)c1. The first-order valence-electron chi connectivity index (χ1n) is 7.54. The van der Waals surface area contributed by atoms with Gasteiger partial charge in [0.1, 0.15) is 16.4 Å². The molecule has 7 heteroatoms. The quantitative estimate of drug-likeness (QED) is 0.849. The van der Waals surface area contributed by atoms with Gasteiger partial charge in [-0.25, -0.2) is 8.42 Å². The van der Waals surface area contributed by atoms with Crippen molar-refractivity contribution < 1.29 is 17.9 Å². The summed E-state index contributed by atoms with van der Waals surface area (Å²) < 4.78 is 38.3. The maximum absolute atomic E-state index is 13.2. The van der Waals surface area contributed by atoms with E-state index in [2.05, 4.69) is 0 Å². The number of para-hydroxylation sites is 2. The molecule has 0 aliphatic carbocycles. The van der Waals surface area contributed by atoms with Crippen molar-refractivity contribution in [2.24, 2.45) is 0 Å². The number of nitrogens with zero attached hydrogens (tertiary/aromatic N) is 2. The number of sulfonamides is 1. The summed E-state index contributed by atoms with van der Waals surface area (Å²) in [7, 11) is 1.19. The molecular formula is C17H20N2O4S. The molecular weight excluding hydrogens is 328 g/mol. The van der Waals surface area contributed by atoms with Gasteiger partial charge >= 0.3 is 0 Å². The van der Waals surface area contributed by atoms with Crippen LogP contribution >= 0.6 is 0 Å². The Labute approximate surface area is 142 Å². The van der Waals surface area contributed by atoms with Crippen molar-refractivity contribution in [2.45, 2.75) is 4.90 Å². The predicted molar refractivity (Wildman–Crippen MR) is 93.8 cm³/mol. The number of hydrogen-bond acceptors (Lipinski definition) is 5. The number of likely N-dealkylation sites (N-methyl/N-ethyl adjacent to an activating group) is 1. The zero-order valence-electron chi connectivity index (χ0n) is 13.9. The van der Waals surface area contributed by atoms with Crippen LogP contribution in [0.3, 0.4) is 0 Å². The molecule has 0 saturated carbocycles. The monoisotopic (exact) mass is 348 g/mol. The molecule has 0 bridgehead atoms. The van der Waals surface area contributed by atoms with E-state index in [1.807, 2.05) is 36.2 Å². The summed E-state index contributed by atoms with van der Waals surface area (Å²) in [6.45, 7) is 1.000. The minimum atomic E-state index is -3.74. The van der Waals surface area contributed by atoms with Crippen LogP contribution in [0.4, 0.5) is 11.4 Å². The predicted octanol–water partition coefficient (Wildman–Crippen LogP) is 2.35. The summed E-state index contributed by atoms with van der Waals surface area (Å²) in [6.07, 6.45) is 0. The van der Waals surface area contributed by atoms with E-state index in [4.69, 9.17) is 9.47 Å². The minimum absolute atomic E-state index is 0.130. The molecule has 0 unspecified atom stereocenters. The van der Waals surface area contributed by atoms with E-state index in [0.29, 0.717) is 24.5 Å². The standard InChI is InChI=1S/C17H20N2O4S/c1-18-10-11-19(15-7-5-4-6-14(15)18)24(20,21)17-9-8-13(22-2)12-16(17)23-3/h4-9,12H,10-11H2,1-3H3. The molecule has 0 aromatic heterocycles. The maximum Gasteiger partial charge on any atom is 0.268 e. The van der Waals surface area contributed by atoms with Crippen molar-refractivity contribution >= 4 is 21.4 Å². The lowest BCUT2D eigenvalue weighted by Gasteiger charge is -2.36. The van der Waals surface area contributed by atoms with Crippen molar-refractivity contribution in [3.63, 3.8) is 0 Å². The topological polar surface area (TPSA) is 59.1 Å². The van der Waals surface area contributed by atoms with E-state index in [1.54, 1.807) is 12.1 Å². The van der Waals surface area contributed by atoms with Crippen LogP contribution in [0.5, 0.6) is 11.5 Å². The van der Waals surface area contributed by atoms with Gasteiger partial charge in [-0.05, 0) is 24.3 Å². The van der Waals surface area contributed by atoms with E-state index in [9.17, 15) is 8.42 Å². The third kappa shape index (κ3) is 2.65. The molecule has 128 valence electrons. The second-order valence-corrected chi connectivity index (χ2v) is 7.33. The summed E-state index contributed by atoms with van der Waals surface area (Å²) in [6, 6.07) is 12.2. The van der Waals surface area contributed by atoms with Gasteiger partial charge in [-0.3, -0.25) is 4.31 Å². The van der Waals surface area contributed by atoms with E-state index in [0.717, 1.165) is 5.69 Å². The number of ether oxygens (including phenoxy) is 2. The summed E-state index contributed by atoms with van der Waals surface area (Å²) in [5, 5.41) is 0. The van der Waals surface area contributed by atoms with Gasteiger partial charge in [0.2, 0.25) is 0 Å². The average molecular weight is 348 g/mol. The van der Waals surface area contributed by atoms with Gasteiger partial charge in [0.25, 0.3) is 10.0 Å². The van der Waals surface area contributed by atoms with Crippen LogP contribution in [-0.4, -0.2) is 42.8 Å². The van der Waals surface area contributed by atoms with Gasteiger partial charge in [-0.1, -0.05) is 12.1 Å². The lowest BCUT2D eigenvalue weighted by molar-refractivity contribution is 0.386. The van der Waals surface area contributed by atoms with Crippen molar-refractivity contribution in [3.8, 4) is 11.5 Å². The summed E-state index contributed by atoms with van der Waals surface area (Å²) in [5.41, 5.74) is 1.56. The van der Waals surface area contributed by atoms with Gasteiger partial charge in [0, 0.05) is 19.7 Å². The molecule has 1 aliphatic rings. The molecule has 1 heterocycles. The molecule has 0 spiro atoms. The zero-order chi connectivity index (χ0) is 17.3. The molecule has 1 aliphatic heterocycles. The summed E-state index contributed by atoms with van der Waals surface area (Å²) in [5.74, 6) is 0.815. The Morgan fingerprint density at radius 1 is 0.958 bits per heavy atom. The van der Waals surface area contributed by atoms with Crippen molar-refractivity contribution in [2.75, 3.05) is 43.6 Å². The molecule has 0 saturated heterocycles. The number of benzene rings is 2. The number of methoxy groups -OCH3 is 2. The molecule has 0 fully saturated rings. The van der Waals surface area contributed by atoms with E-state index < -0.39 is 10.0 Å². The van der Waals surface area contributed by atoms with Gasteiger partial charge in [0.15, 0.2) is 0 Å². The number of hydrogen-bond donors (Lipinski definition) is 0. The minimum Gasteiger partial charge on any atom is -0.497 e. The third-order valence-electron chi connectivity index (χ3n) is 4.14. The van der Waals surface area contributed by atoms with Crippen LogP contribution in [0.25, 0.3) is 0 Å². The Bertz CT molecular complexity index is 851. The average Bonchev–Trinajstić information content (AvgIpc) is 2.61. The fourth-order valence-corrected chi connectivity index (χ4v) is 4.45. The van der Waals surface area contributed by atoms with Crippen molar-refractivity contribution in [3.05, 3.63) is 42.5 Å². The van der Waals surface area contributed by atoms with Crippen molar-refractivity contribution in [1.82, 2.24) is 0 Å². The Hall–Kier alpha value is -2.41. The molecule has 2 aromatic carbocycles. The molecule has 0 amide bonds. The molecule has 0 radical (unpaired) electrons. The lowest BCUT2D eigenvalue weighted by Crippen LogP contribution is -2.42. The smallest absolute Gasteiger partial charge is 0.268 e. The highest BCUT2D eigenvalue weighted by atomic mass is 32.2. The molecule has 6 nitrogen and oxygen atoms in total. The summed E-state index contributed by atoms with van der Waals surface area (Å²) >= 11 is 0. The maximum atomic E-state index is 13.2. The van der Waals surface area contributed by atoms with Crippen LogP contribution in [0.15, 0.2) is 47.4 Å². The molecule has 24 heavy (non-hydrogen) atoms. The first-order valence-corrected chi connectivity index (χ1v) is 8.98. The highest BCUT2D eigenvalue weighted by Crippen LogP contribution is 2.38. The number of anilines is 2. The van der Waals surface area contributed by atoms with Crippen LogP contribution in [0, 0.1) is 0 Å². The molecule has 3 rings (SSSR count). The number of fused-ring (bicyclic) bond motifs is 1. The Kier molecular flexibility index (Phi) is 4.28. The largest absolute Gasteiger partial charge is 0.497 e. The van der Waals surface area contributed by atoms with E-state index >= 15 is 0 Å². The molecule has 0 atom stereocenters. The second kappa shape index (κ2) is 6.24. The normalized spacial score (nSPS) is 14.3. The Morgan fingerprint density at radius 2 is 1.67 bits per heavy atom. The highest BCUT2D eigenvalue weighted by molar-refractivity contribution is 7.93. The number of rotatable bonds is 4. The highest BCUT2D eigenvalue weighted by Gasteiger charge is 2.32. The fourth-order valence-electron chi connectivity index (χ4n) is 2.84. The Morgan fingerprint density at radius 3 is 2.33 bits per heavy atom. The molecule has 0 N–H and O–H groups in total. The van der Waals surface area contributed by atoms with Gasteiger partial charge < -0.3 is 14.4 Å². The van der Waals surface area contributed by atoms with E-state index in [-0.39, 0.29) is 10.6 Å².